The molecule has 0 aliphatic rings. The van der Waals surface area contributed by atoms with E-state index in [-0.39, 0.29) is 0 Å². The number of benzene rings is 1. The van der Waals surface area contributed by atoms with E-state index in [0.29, 0.717) is 6.61 Å². The molecule has 0 bridgehead atoms. The Kier molecular flexibility index (Phi) is 5.57. The van der Waals surface area contributed by atoms with Crippen LogP contribution in [0.2, 0.25) is 0 Å². The second-order valence-electron chi connectivity index (χ2n) is 3.60. The van der Waals surface area contributed by atoms with Gasteiger partial charge in [-0.25, -0.2) is 0 Å². The molecule has 0 aliphatic heterocycles. The number of methoxy groups -OCH3 is 1. The number of rotatable bonds is 6. The van der Waals surface area contributed by atoms with Crippen LogP contribution in [0.5, 0.6) is 0 Å². The first-order valence-corrected chi connectivity index (χ1v) is 5.50. The third kappa shape index (κ3) is 3.66. The predicted octanol–water partition coefficient (Wildman–Crippen LogP) is 2.98. The highest BCUT2D eigenvalue weighted by atomic mass is 16.6. The molecule has 88 valence electrons. The summed E-state index contributed by atoms with van der Waals surface area (Å²) in [5.74, 6) is 0. The van der Waals surface area contributed by atoms with Gasteiger partial charge in [-0.1, -0.05) is 42.8 Å². The molecule has 1 aromatic carbocycles. The topological polar surface area (TPSA) is 30.8 Å². The van der Waals surface area contributed by atoms with Crippen molar-refractivity contribution in [3.63, 3.8) is 0 Å². The van der Waals surface area contributed by atoms with Crippen molar-refractivity contribution in [2.24, 2.45) is 5.16 Å². The summed E-state index contributed by atoms with van der Waals surface area (Å²) >= 11 is 0. The van der Waals surface area contributed by atoms with Crippen LogP contribution in [0.25, 0.3) is 0 Å². The average molecular weight is 221 g/mol. The van der Waals surface area contributed by atoms with E-state index in [1.165, 1.54) is 5.56 Å². The normalized spacial score (nSPS) is 11.6. The minimum Gasteiger partial charge on any atom is -0.399 e. The fourth-order valence-corrected chi connectivity index (χ4v) is 1.55. The summed E-state index contributed by atoms with van der Waals surface area (Å²) in [5.41, 5.74) is 3.28. The summed E-state index contributed by atoms with van der Waals surface area (Å²) < 4.78 is 5.07. The molecule has 0 fully saturated rings. The van der Waals surface area contributed by atoms with Crippen LogP contribution in [-0.2, 0) is 16.2 Å². The van der Waals surface area contributed by atoms with Crippen molar-refractivity contribution in [1.29, 1.82) is 0 Å². The van der Waals surface area contributed by atoms with E-state index in [9.17, 15) is 0 Å². The van der Waals surface area contributed by atoms with Crippen molar-refractivity contribution in [3.8, 4) is 0 Å². The molecule has 0 saturated heterocycles. The number of hydrogen-bond donors (Lipinski definition) is 0. The second-order valence-corrected chi connectivity index (χ2v) is 3.60. The Bertz CT molecular complexity index is 330. The maximum Gasteiger partial charge on any atom is 0.106 e. The molecule has 0 amide bonds. The lowest BCUT2D eigenvalue weighted by Gasteiger charge is -2.05. The smallest absolute Gasteiger partial charge is 0.106 e. The predicted molar refractivity (Wildman–Crippen MR) is 65.6 cm³/mol. The van der Waals surface area contributed by atoms with Gasteiger partial charge in [0.25, 0.3) is 0 Å². The Morgan fingerprint density at radius 1 is 1.19 bits per heavy atom. The molecule has 0 aliphatic carbocycles. The van der Waals surface area contributed by atoms with Crippen LogP contribution in [0.4, 0.5) is 0 Å². The van der Waals surface area contributed by atoms with Crippen LogP contribution in [0.15, 0.2) is 29.4 Å². The largest absolute Gasteiger partial charge is 0.399 e. The quantitative estimate of drug-likeness (QED) is 0.546. The monoisotopic (exact) mass is 221 g/mol. The number of oxime groups is 1. The Morgan fingerprint density at radius 2 is 1.88 bits per heavy atom. The second kappa shape index (κ2) is 7.01. The fourth-order valence-electron chi connectivity index (χ4n) is 1.55. The summed E-state index contributed by atoms with van der Waals surface area (Å²) in [6.45, 7) is 2.77. The Labute approximate surface area is 97.1 Å². The maximum atomic E-state index is 5.07. The zero-order valence-corrected chi connectivity index (χ0v) is 10.2. The number of hydrogen-bond acceptors (Lipinski definition) is 3. The lowest BCUT2D eigenvalue weighted by atomic mass is 10.0. The van der Waals surface area contributed by atoms with Crippen molar-refractivity contribution in [2.75, 3.05) is 14.2 Å². The summed E-state index contributed by atoms with van der Waals surface area (Å²) in [6.07, 6.45) is 1.99. The lowest BCUT2D eigenvalue weighted by Crippen LogP contribution is -2.01. The molecule has 0 heterocycles. The van der Waals surface area contributed by atoms with Gasteiger partial charge < -0.3 is 9.57 Å². The van der Waals surface area contributed by atoms with Gasteiger partial charge >= 0.3 is 0 Å². The van der Waals surface area contributed by atoms with Crippen LogP contribution in [0.1, 0.15) is 30.9 Å². The molecule has 3 heteroatoms. The highest BCUT2D eigenvalue weighted by molar-refractivity contribution is 6.00. The zero-order valence-electron chi connectivity index (χ0n) is 10.2. The molecule has 0 aromatic heterocycles. The number of ether oxygens (including phenoxy) is 1. The average Bonchev–Trinajstić information content (AvgIpc) is 2.30. The van der Waals surface area contributed by atoms with E-state index >= 15 is 0 Å². The summed E-state index contributed by atoms with van der Waals surface area (Å²) in [5, 5.41) is 4.05. The minimum absolute atomic E-state index is 0.644. The summed E-state index contributed by atoms with van der Waals surface area (Å²) in [7, 11) is 3.28. The highest BCUT2D eigenvalue weighted by Gasteiger charge is 2.03. The van der Waals surface area contributed by atoms with Crippen molar-refractivity contribution in [1.82, 2.24) is 0 Å². The van der Waals surface area contributed by atoms with Crippen molar-refractivity contribution in [3.05, 3.63) is 35.4 Å². The van der Waals surface area contributed by atoms with E-state index in [1.807, 2.05) is 0 Å². The molecule has 16 heavy (non-hydrogen) atoms. The maximum absolute atomic E-state index is 5.07. The van der Waals surface area contributed by atoms with Crippen LogP contribution < -0.4 is 0 Å². The van der Waals surface area contributed by atoms with Gasteiger partial charge in [-0.3, -0.25) is 0 Å². The number of nitrogens with zero attached hydrogens (tertiary/aromatic N) is 1. The molecular formula is C13H19NO2. The first-order valence-electron chi connectivity index (χ1n) is 5.50. The van der Waals surface area contributed by atoms with Crippen LogP contribution in [0.3, 0.4) is 0 Å². The first kappa shape index (κ1) is 12.7. The van der Waals surface area contributed by atoms with Crippen molar-refractivity contribution in [2.45, 2.75) is 26.4 Å². The standard InChI is InChI=1S/C13H19NO2/c1-4-5-13(14-16-3)12-8-6-11(7-9-12)10-15-2/h6-9H,4-5,10H2,1-3H3/b14-13+. The molecule has 0 unspecified atom stereocenters. The van der Waals surface area contributed by atoms with Gasteiger partial charge in [0.15, 0.2) is 0 Å². The third-order valence-electron chi connectivity index (χ3n) is 2.29. The highest BCUT2D eigenvalue weighted by Crippen LogP contribution is 2.10. The summed E-state index contributed by atoms with van der Waals surface area (Å²) in [6, 6.07) is 8.23. The third-order valence-corrected chi connectivity index (χ3v) is 2.29. The molecule has 0 saturated carbocycles. The Balaban J connectivity index is 2.81. The summed E-state index contributed by atoms with van der Waals surface area (Å²) in [4.78, 5) is 4.85. The van der Waals surface area contributed by atoms with E-state index < -0.39 is 0 Å². The van der Waals surface area contributed by atoms with Gasteiger partial charge in [0.1, 0.15) is 7.11 Å². The lowest BCUT2D eigenvalue weighted by molar-refractivity contribution is 0.185. The van der Waals surface area contributed by atoms with Crippen molar-refractivity contribution >= 4 is 5.71 Å². The minimum atomic E-state index is 0.644. The van der Waals surface area contributed by atoms with Gasteiger partial charge in [0.05, 0.1) is 12.3 Å². The molecule has 0 radical (unpaired) electrons. The Hall–Kier alpha value is -1.35. The molecule has 1 rings (SSSR count). The molecular weight excluding hydrogens is 202 g/mol. The Morgan fingerprint density at radius 3 is 2.38 bits per heavy atom. The van der Waals surface area contributed by atoms with E-state index in [4.69, 9.17) is 9.57 Å². The van der Waals surface area contributed by atoms with Gasteiger partial charge in [0.2, 0.25) is 0 Å². The van der Waals surface area contributed by atoms with E-state index in [0.717, 1.165) is 24.1 Å². The fraction of sp³-hybridized carbons (Fsp3) is 0.462. The molecule has 0 atom stereocenters. The van der Waals surface area contributed by atoms with E-state index in [2.05, 4.69) is 36.3 Å². The van der Waals surface area contributed by atoms with Gasteiger partial charge in [-0.15, -0.1) is 0 Å². The van der Waals surface area contributed by atoms with Crippen LogP contribution in [0, 0.1) is 0 Å². The molecule has 3 nitrogen and oxygen atoms in total. The van der Waals surface area contributed by atoms with E-state index in [1.54, 1.807) is 14.2 Å². The molecule has 0 N–H and O–H groups in total. The van der Waals surface area contributed by atoms with Crippen molar-refractivity contribution < 1.29 is 9.57 Å². The first-order chi connectivity index (χ1) is 7.81. The van der Waals surface area contributed by atoms with Gasteiger partial charge in [0, 0.05) is 7.11 Å². The van der Waals surface area contributed by atoms with Crippen LogP contribution in [-0.4, -0.2) is 19.9 Å². The molecule has 0 spiro atoms. The molecule has 1 aromatic rings. The van der Waals surface area contributed by atoms with Gasteiger partial charge in [-0.2, -0.15) is 0 Å². The van der Waals surface area contributed by atoms with Gasteiger partial charge in [-0.05, 0) is 17.5 Å². The zero-order chi connectivity index (χ0) is 11.8. The SMILES string of the molecule is CCC/C(=N\OC)c1ccc(COC)cc1. The van der Waals surface area contributed by atoms with Crippen LogP contribution >= 0.6 is 0 Å².